The predicted molar refractivity (Wildman–Crippen MR) is 95.9 cm³/mol. The van der Waals surface area contributed by atoms with Crippen molar-refractivity contribution in [2.45, 2.75) is 13.8 Å². The molecule has 3 rings (SSSR count). The van der Waals surface area contributed by atoms with Crippen molar-refractivity contribution in [1.29, 1.82) is 5.26 Å². The van der Waals surface area contributed by atoms with E-state index in [0.717, 1.165) is 23.1 Å². The van der Waals surface area contributed by atoms with Crippen LogP contribution in [0.5, 0.6) is 0 Å². The lowest BCUT2D eigenvalue weighted by Crippen LogP contribution is -2.47. The maximum Gasteiger partial charge on any atom is 0.237 e. The van der Waals surface area contributed by atoms with Crippen molar-refractivity contribution in [3.8, 4) is 6.07 Å². The topological polar surface area (TPSA) is 145 Å². The molecule has 2 heterocycles. The summed E-state index contributed by atoms with van der Waals surface area (Å²) in [6, 6.07) is 4.49. The summed E-state index contributed by atoms with van der Waals surface area (Å²) in [5.74, 6) is 0.554. The third-order valence-corrected chi connectivity index (χ3v) is 4.67. The van der Waals surface area contributed by atoms with Crippen LogP contribution in [-0.2, 0) is 0 Å². The second kappa shape index (κ2) is 7.30. The Hall–Kier alpha value is -3.30. The molecule has 10 nitrogen and oxygen atoms in total. The maximum absolute atomic E-state index is 12.4. The monoisotopic (exact) mass is 386 g/mol. The van der Waals surface area contributed by atoms with Crippen LogP contribution in [0.2, 0.25) is 0 Å². The van der Waals surface area contributed by atoms with Gasteiger partial charge in [-0.3, -0.25) is 20.4 Å². The second-order valence-electron chi connectivity index (χ2n) is 4.94. The summed E-state index contributed by atoms with van der Waals surface area (Å²) in [5.41, 5.74) is 4.90. The molecule has 0 radical (unpaired) electrons. The standard InChI is InChI=1S/C14H10N8O2S2/c1-6-8(5-15)13(25-21-6)19-17-9-3-4-10(23)11(12(9)24)18-20-14-16-7(2)22-26-14/h3-4,19H,1-2H3,(H,16,20,22)/b17-9+,18-11+. The summed E-state index contributed by atoms with van der Waals surface area (Å²) in [6.45, 7) is 3.41. The number of nitrogens with zero attached hydrogens (tertiary/aromatic N) is 6. The summed E-state index contributed by atoms with van der Waals surface area (Å²) < 4.78 is 8.01. The molecule has 0 atom stereocenters. The normalized spacial score (nSPS) is 12.2. The van der Waals surface area contributed by atoms with E-state index in [4.69, 9.17) is 5.26 Å². The largest absolute Gasteiger partial charge is 0.287 e. The number of anilines is 2. The Bertz CT molecular complexity index is 1230. The molecule has 0 spiro atoms. The van der Waals surface area contributed by atoms with E-state index in [9.17, 15) is 9.59 Å². The Morgan fingerprint density at radius 3 is 2.62 bits per heavy atom. The first-order chi connectivity index (χ1) is 12.5. The molecule has 0 aliphatic carbocycles. The van der Waals surface area contributed by atoms with Gasteiger partial charge in [0, 0.05) is 11.5 Å². The number of benzene rings is 1. The average molecular weight is 386 g/mol. The van der Waals surface area contributed by atoms with Crippen LogP contribution in [0, 0.1) is 25.2 Å². The SMILES string of the molecule is Cc1nsc(N/N=c2\c(=O)cc/c(=N\Nc3snc(C)c3C#N)c2=O)n1. The first-order valence-corrected chi connectivity index (χ1v) is 8.65. The summed E-state index contributed by atoms with van der Waals surface area (Å²) in [7, 11) is 0. The van der Waals surface area contributed by atoms with Gasteiger partial charge in [-0.05, 0) is 37.5 Å². The minimum absolute atomic E-state index is 0.0199. The van der Waals surface area contributed by atoms with Gasteiger partial charge in [-0.2, -0.15) is 24.2 Å². The van der Waals surface area contributed by atoms with E-state index >= 15 is 0 Å². The van der Waals surface area contributed by atoms with Crippen LogP contribution in [0.3, 0.4) is 0 Å². The quantitative estimate of drug-likeness (QED) is 0.593. The summed E-state index contributed by atoms with van der Waals surface area (Å²) in [5, 5.41) is 17.3. The summed E-state index contributed by atoms with van der Waals surface area (Å²) in [4.78, 5) is 28.4. The molecular weight excluding hydrogens is 376 g/mol. The van der Waals surface area contributed by atoms with Crippen LogP contribution in [0.1, 0.15) is 17.1 Å². The molecule has 0 aliphatic rings. The highest BCUT2D eigenvalue weighted by atomic mass is 32.1. The Labute approximate surface area is 153 Å². The van der Waals surface area contributed by atoms with E-state index in [1.165, 1.54) is 12.1 Å². The van der Waals surface area contributed by atoms with Crippen molar-refractivity contribution in [2.24, 2.45) is 10.2 Å². The van der Waals surface area contributed by atoms with Crippen molar-refractivity contribution in [3.05, 3.63) is 60.4 Å². The van der Waals surface area contributed by atoms with Crippen molar-refractivity contribution < 1.29 is 0 Å². The van der Waals surface area contributed by atoms with Gasteiger partial charge in [0.05, 0.1) is 5.69 Å². The van der Waals surface area contributed by atoms with Gasteiger partial charge >= 0.3 is 0 Å². The van der Waals surface area contributed by atoms with E-state index in [0.29, 0.717) is 27.2 Å². The summed E-state index contributed by atoms with van der Waals surface area (Å²) >= 11 is 2.11. The lowest BCUT2D eigenvalue weighted by atomic mass is 10.3. The van der Waals surface area contributed by atoms with Crippen LogP contribution >= 0.6 is 23.1 Å². The van der Waals surface area contributed by atoms with E-state index in [1.807, 2.05) is 6.07 Å². The predicted octanol–water partition coefficient (Wildman–Crippen LogP) is -0.0653. The molecule has 0 fully saturated rings. The van der Waals surface area contributed by atoms with Crippen LogP contribution in [0.15, 0.2) is 31.9 Å². The molecule has 0 saturated heterocycles. The Morgan fingerprint density at radius 1 is 1.12 bits per heavy atom. The van der Waals surface area contributed by atoms with Gasteiger partial charge in [0.1, 0.15) is 27.8 Å². The molecule has 1 aromatic carbocycles. The number of nitriles is 1. The van der Waals surface area contributed by atoms with Gasteiger partial charge in [-0.15, -0.1) is 0 Å². The van der Waals surface area contributed by atoms with Gasteiger partial charge in [-0.1, -0.05) is 0 Å². The van der Waals surface area contributed by atoms with Crippen LogP contribution in [0.4, 0.5) is 10.1 Å². The van der Waals surface area contributed by atoms with Crippen molar-refractivity contribution in [1.82, 2.24) is 13.7 Å². The first-order valence-electron chi connectivity index (χ1n) is 7.10. The zero-order chi connectivity index (χ0) is 18.7. The molecule has 0 bridgehead atoms. The fourth-order valence-electron chi connectivity index (χ4n) is 1.87. The van der Waals surface area contributed by atoms with Gasteiger partial charge < -0.3 is 0 Å². The molecule has 3 aromatic rings. The highest BCUT2D eigenvalue weighted by Gasteiger charge is 2.09. The lowest BCUT2D eigenvalue weighted by Gasteiger charge is -1.95. The number of hydrogen-bond acceptors (Lipinski definition) is 12. The number of rotatable bonds is 4. The van der Waals surface area contributed by atoms with Gasteiger partial charge in [0.2, 0.25) is 16.0 Å². The van der Waals surface area contributed by atoms with Gasteiger partial charge in [0.15, 0.2) is 5.36 Å². The second-order valence-corrected chi connectivity index (χ2v) is 6.46. The summed E-state index contributed by atoms with van der Waals surface area (Å²) in [6.07, 6.45) is 0. The fourth-order valence-corrected chi connectivity index (χ4v) is 3.08. The highest BCUT2D eigenvalue weighted by Crippen LogP contribution is 2.22. The third kappa shape index (κ3) is 3.53. The molecular formula is C14H10N8O2S2. The van der Waals surface area contributed by atoms with E-state index in [2.05, 4.69) is 34.8 Å². The van der Waals surface area contributed by atoms with Crippen LogP contribution in [0.25, 0.3) is 0 Å². The Kier molecular flexibility index (Phi) is 4.92. The first kappa shape index (κ1) is 17.5. The highest BCUT2D eigenvalue weighted by molar-refractivity contribution is 7.10. The minimum Gasteiger partial charge on any atom is -0.287 e. The number of aryl methyl sites for hydroxylation is 2. The molecule has 0 aliphatic heterocycles. The van der Waals surface area contributed by atoms with Crippen molar-refractivity contribution >= 4 is 33.2 Å². The van der Waals surface area contributed by atoms with Gasteiger partial charge in [-0.25, -0.2) is 4.98 Å². The van der Waals surface area contributed by atoms with Crippen LogP contribution in [-0.4, -0.2) is 13.7 Å². The molecule has 2 N–H and O–H groups in total. The van der Waals surface area contributed by atoms with Gasteiger partial charge in [0.25, 0.3) is 0 Å². The molecule has 12 heteroatoms. The van der Waals surface area contributed by atoms with Crippen molar-refractivity contribution in [2.75, 3.05) is 10.9 Å². The van der Waals surface area contributed by atoms with Crippen molar-refractivity contribution in [3.63, 3.8) is 0 Å². The molecule has 130 valence electrons. The van der Waals surface area contributed by atoms with Crippen LogP contribution < -0.4 is 32.4 Å². The number of aromatic nitrogens is 3. The molecule has 0 amide bonds. The fraction of sp³-hybridized carbons (Fsp3) is 0.143. The molecule has 0 unspecified atom stereocenters. The Morgan fingerprint density at radius 2 is 1.92 bits per heavy atom. The lowest BCUT2D eigenvalue weighted by molar-refractivity contribution is 1.09. The zero-order valence-electron chi connectivity index (χ0n) is 13.5. The number of hydrogen-bond donors (Lipinski definition) is 2. The number of nitrogens with one attached hydrogen (secondary N) is 2. The molecule has 0 saturated carbocycles. The molecule has 26 heavy (non-hydrogen) atoms. The smallest absolute Gasteiger partial charge is 0.237 e. The van der Waals surface area contributed by atoms with E-state index in [1.54, 1.807) is 13.8 Å². The van der Waals surface area contributed by atoms with E-state index in [-0.39, 0.29) is 10.7 Å². The minimum atomic E-state index is -0.654. The maximum atomic E-state index is 12.4. The Balaban J connectivity index is 1.98. The molecule has 2 aromatic heterocycles. The van der Waals surface area contributed by atoms with E-state index < -0.39 is 10.9 Å². The average Bonchev–Trinajstić information content (AvgIpc) is 3.19. The third-order valence-electron chi connectivity index (χ3n) is 3.12. The zero-order valence-corrected chi connectivity index (χ0v) is 15.1.